The molecular formula is C14H18N4O3. The highest BCUT2D eigenvalue weighted by molar-refractivity contribution is 5.97. The number of anilines is 2. The molecule has 2 heterocycles. The first-order valence-corrected chi connectivity index (χ1v) is 6.74. The maximum Gasteiger partial charge on any atom is 0.340 e. The largest absolute Gasteiger partial charge is 0.462 e. The maximum atomic E-state index is 11.7. The number of carbonyl (C=O) groups excluding carboxylic acids is 1. The Kier molecular flexibility index (Phi) is 4.76. The van der Waals surface area contributed by atoms with E-state index in [9.17, 15) is 4.79 Å². The van der Waals surface area contributed by atoms with Crippen LogP contribution in [-0.2, 0) is 17.7 Å². The number of hydrogen-bond donors (Lipinski definition) is 2. The zero-order chi connectivity index (χ0) is 15.2. The summed E-state index contributed by atoms with van der Waals surface area (Å²) in [5.41, 5.74) is 6.47. The number of aryl methyl sites for hydroxylation is 1. The SMILES string of the molecule is CCOC(=O)c1ccnc(NCc2ncc(CC)o2)c1N. The van der Waals surface area contributed by atoms with Crippen LogP contribution in [0.25, 0.3) is 0 Å². The minimum Gasteiger partial charge on any atom is -0.462 e. The third kappa shape index (κ3) is 3.50. The number of hydrogen-bond acceptors (Lipinski definition) is 7. The Bertz CT molecular complexity index is 624. The normalized spacial score (nSPS) is 10.4. The van der Waals surface area contributed by atoms with Crippen molar-refractivity contribution in [2.45, 2.75) is 26.8 Å². The third-order valence-electron chi connectivity index (χ3n) is 2.84. The van der Waals surface area contributed by atoms with Crippen molar-refractivity contribution in [2.24, 2.45) is 0 Å². The number of carbonyl (C=O) groups is 1. The number of nitrogens with two attached hydrogens (primary N) is 1. The van der Waals surface area contributed by atoms with E-state index in [0.717, 1.165) is 12.2 Å². The monoisotopic (exact) mass is 290 g/mol. The molecule has 21 heavy (non-hydrogen) atoms. The minimum atomic E-state index is -0.468. The van der Waals surface area contributed by atoms with Crippen LogP contribution in [0, 0.1) is 0 Å². The van der Waals surface area contributed by atoms with Gasteiger partial charge in [0.25, 0.3) is 0 Å². The topological polar surface area (TPSA) is 103 Å². The Balaban J connectivity index is 2.09. The van der Waals surface area contributed by atoms with Gasteiger partial charge in [-0.15, -0.1) is 0 Å². The van der Waals surface area contributed by atoms with Crippen LogP contribution in [0.3, 0.4) is 0 Å². The van der Waals surface area contributed by atoms with Crippen molar-refractivity contribution in [1.29, 1.82) is 0 Å². The second-order valence-corrected chi connectivity index (χ2v) is 4.27. The Labute approximate surface area is 122 Å². The molecule has 0 radical (unpaired) electrons. The molecule has 0 saturated carbocycles. The molecule has 7 heteroatoms. The molecule has 3 N–H and O–H groups in total. The fourth-order valence-corrected chi connectivity index (χ4v) is 1.75. The smallest absolute Gasteiger partial charge is 0.340 e. The number of nitrogens with one attached hydrogen (secondary N) is 1. The molecule has 0 aliphatic carbocycles. The maximum absolute atomic E-state index is 11.7. The van der Waals surface area contributed by atoms with Crippen molar-refractivity contribution in [2.75, 3.05) is 17.7 Å². The highest BCUT2D eigenvalue weighted by Crippen LogP contribution is 2.21. The number of aromatic nitrogens is 2. The van der Waals surface area contributed by atoms with Gasteiger partial charge in [-0.2, -0.15) is 0 Å². The van der Waals surface area contributed by atoms with E-state index in [2.05, 4.69) is 15.3 Å². The van der Waals surface area contributed by atoms with E-state index < -0.39 is 5.97 Å². The predicted molar refractivity (Wildman–Crippen MR) is 77.8 cm³/mol. The van der Waals surface area contributed by atoms with Crippen LogP contribution in [0.4, 0.5) is 11.5 Å². The molecule has 112 valence electrons. The third-order valence-corrected chi connectivity index (χ3v) is 2.84. The van der Waals surface area contributed by atoms with Crippen LogP contribution in [0.2, 0.25) is 0 Å². The van der Waals surface area contributed by atoms with Gasteiger partial charge in [-0.05, 0) is 13.0 Å². The van der Waals surface area contributed by atoms with Crippen molar-refractivity contribution >= 4 is 17.5 Å². The molecule has 7 nitrogen and oxygen atoms in total. The number of pyridine rings is 1. The summed E-state index contributed by atoms with van der Waals surface area (Å²) in [6.07, 6.45) is 3.96. The molecular weight excluding hydrogens is 272 g/mol. The molecule has 0 bridgehead atoms. The molecule has 0 unspecified atom stereocenters. The van der Waals surface area contributed by atoms with Gasteiger partial charge in [-0.1, -0.05) is 6.92 Å². The van der Waals surface area contributed by atoms with Gasteiger partial charge in [0.1, 0.15) is 11.6 Å². The number of esters is 1. The van der Waals surface area contributed by atoms with E-state index in [4.69, 9.17) is 14.9 Å². The second-order valence-electron chi connectivity index (χ2n) is 4.27. The van der Waals surface area contributed by atoms with Crippen LogP contribution in [0.15, 0.2) is 22.9 Å². The number of oxazole rings is 1. The van der Waals surface area contributed by atoms with Crippen LogP contribution in [0.5, 0.6) is 0 Å². The summed E-state index contributed by atoms with van der Waals surface area (Å²) in [5.74, 6) is 1.28. The molecule has 0 amide bonds. The molecule has 0 atom stereocenters. The Morgan fingerprint density at radius 1 is 1.43 bits per heavy atom. The predicted octanol–water partition coefficient (Wildman–Crippen LogP) is 2.00. The average molecular weight is 290 g/mol. The van der Waals surface area contributed by atoms with E-state index >= 15 is 0 Å². The molecule has 0 fully saturated rings. The van der Waals surface area contributed by atoms with Crippen molar-refractivity contribution in [3.05, 3.63) is 35.7 Å². The summed E-state index contributed by atoms with van der Waals surface area (Å²) in [4.78, 5) is 20.0. The highest BCUT2D eigenvalue weighted by Gasteiger charge is 2.14. The fraction of sp³-hybridized carbons (Fsp3) is 0.357. The lowest BCUT2D eigenvalue weighted by molar-refractivity contribution is 0.0527. The summed E-state index contributed by atoms with van der Waals surface area (Å²) in [5, 5.41) is 3.00. The molecule has 0 aliphatic heterocycles. The highest BCUT2D eigenvalue weighted by atomic mass is 16.5. The Morgan fingerprint density at radius 2 is 2.24 bits per heavy atom. The summed E-state index contributed by atoms with van der Waals surface area (Å²) in [7, 11) is 0. The van der Waals surface area contributed by atoms with Crippen LogP contribution >= 0.6 is 0 Å². The number of nitrogens with zero attached hydrogens (tertiary/aromatic N) is 2. The number of rotatable bonds is 6. The average Bonchev–Trinajstić information content (AvgIpc) is 2.94. The molecule has 2 rings (SSSR count). The lowest BCUT2D eigenvalue weighted by Gasteiger charge is -2.10. The number of nitrogen functional groups attached to an aromatic ring is 1. The molecule has 2 aromatic rings. The minimum absolute atomic E-state index is 0.248. The van der Waals surface area contributed by atoms with E-state index in [1.165, 1.54) is 12.3 Å². The molecule has 2 aromatic heterocycles. The Hall–Kier alpha value is -2.57. The first-order chi connectivity index (χ1) is 10.2. The van der Waals surface area contributed by atoms with Crippen molar-refractivity contribution < 1.29 is 13.9 Å². The van der Waals surface area contributed by atoms with Crippen molar-refractivity contribution in [3.63, 3.8) is 0 Å². The zero-order valence-corrected chi connectivity index (χ0v) is 12.0. The summed E-state index contributed by atoms with van der Waals surface area (Å²) in [6, 6.07) is 1.53. The fourth-order valence-electron chi connectivity index (χ4n) is 1.75. The van der Waals surface area contributed by atoms with Crippen LogP contribution in [0.1, 0.15) is 35.9 Å². The lowest BCUT2D eigenvalue weighted by Crippen LogP contribution is -2.12. The van der Waals surface area contributed by atoms with Gasteiger partial charge in [0, 0.05) is 12.6 Å². The standard InChI is InChI=1S/C14H18N4O3/c1-3-9-7-17-11(21-9)8-18-13-12(15)10(5-6-16-13)14(19)20-4-2/h5-7H,3-4,8,15H2,1-2H3,(H,16,18). The summed E-state index contributed by atoms with van der Waals surface area (Å²) in [6.45, 7) is 4.35. The van der Waals surface area contributed by atoms with E-state index in [1.54, 1.807) is 13.1 Å². The van der Waals surface area contributed by atoms with Gasteiger partial charge in [0.05, 0.1) is 30.6 Å². The second kappa shape index (κ2) is 6.74. The molecule has 0 aliphatic rings. The van der Waals surface area contributed by atoms with Gasteiger partial charge in [0.2, 0.25) is 5.89 Å². The first-order valence-electron chi connectivity index (χ1n) is 6.74. The van der Waals surface area contributed by atoms with Crippen molar-refractivity contribution in [3.8, 4) is 0 Å². The molecule has 0 spiro atoms. The number of ether oxygens (including phenoxy) is 1. The lowest BCUT2D eigenvalue weighted by atomic mass is 10.2. The molecule has 0 aromatic carbocycles. The van der Waals surface area contributed by atoms with Crippen molar-refractivity contribution in [1.82, 2.24) is 9.97 Å². The van der Waals surface area contributed by atoms with Gasteiger partial charge in [0.15, 0.2) is 0 Å². The summed E-state index contributed by atoms with van der Waals surface area (Å²) >= 11 is 0. The van der Waals surface area contributed by atoms with Gasteiger partial charge in [-0.3, -0.25) is 0 Å². The van der Waals surface area contributed by atoms with Gasteiger partial charge in [-0.25, -0.2) is 14.8 Å². The van der Waals surface area contributed by atoms with E-state index in [0.29, 0.717) is 24.9 Å². The molecule has 0 saturated heterocycles. The van der Waals surface area contributed by atoms with Crippen LogP contribution in [-0.4, -0.2) is 22.5 Å². The van der Waals surface area contributed by atoms with Gasteiger partial charge < -0.3 is 20.2 Å². The Morgan fingerprint density at radius 3 is 2.90 bits per heavy atom. The van der Waals surface area contributed by atoms with E-state index in [-0.39, 0.29) is 11.3 Å². The first kappa shape index (κ1) is 14.8. The summed E-state index contributed by atoms with van der Waals surface area (Å²) < 4.78 is 10.4. The quantitative estimate of drug-likeness (QED) is 0.784. The van der Waals surface area contributed by atoms with Gasteiger partial charge >= 0.3 is 5.97 Å². The zero-order valence-electron chi connectivity index (χ0n) is 12.0. The van der Waals surface area contributed by atoms with E-state index in [1.807, 2.05) is 6.92 Å². The van der Waals surface area contributed by atoms with Crippen LogP contribution < -0.4 is 11.1 Å².